The number of fused-ring (bicyclic) bond motifs is 2. The molecular formula is C22H36N2O2. The molecule has 1 N–H and O–H groups in total. The summed E-state index contributed by atoms with van der Waals surface area (Å²) in [5, 5.41) is 3.56. The van der Waals surface area contributed by atoms with Gasteiger partial charge < -0.3 is 15.0 Å². The van der Waals surface area contributed by atoms with Gasteiger partial charge in [-0.3, -0.25) is 4.79 Å². The predicted molar refractivity (Wildman–Crippen MR) is 104 cm³/mol. The minimum atomic E-state index is 0.00697. The van der Waals surface area contributed by atoms with Gasteiger partial charge in [0.05, 0.1) is 5.92 Å². The summed E-state index contributed by atoms with van der Waals surface area (Å²) in [7, 11) is 0. The molecule has 0 aromatic heterocycles. The number of likely N-dealkylation sites (tertiary alicyclic amines) is 1. The summed E-state index contributed by atoms with van der Waals surface area (Å²) in [5.41, 5.74) is 1.87. The van der Waals surface area contributed by atoms with E-state index in [1.165, 1.54) is 51.6 Å². The van der Waals surface area contributed by atoms with Crippen molar-refractivity contribution >= 4 is 5.97 Å². The van der Waals surface area contributed by atoms with Crippen molar-refractivity contribution in [3.63, 3.8) is 0 Å². The van der Waals surface area contributed by atoms with Crippen LogP contribution in [0.15, 0.2) is 11.6 Å². The molecule has 3 fully saturated rings. The Bertz CT molecular complexity index is 554. The lowest BCUT2D eigenvalue weighted by molar-refractivity contribution is -0.145. The maximum atomic E-state index is 12.5. The second-order valence-electron chi connectivity index (χ2n) is 9.45. The fraction of sp³-hybridized carbons (Fsp3) is 0.864. The van der Waals surface area contributed by atoms with Crippen LogP contribution in [0.25, 0.3) is 0 Å². The van der Waals surface area contributed by atoms with Gasteiger partial charge in [0.25, 0.3) is 0 Å². The number of carbonyl (C=O) groups excluding carboxylic acids is 1. The van der Waals surface area contributed by atoms with Crippen molar-refractivity contribution in [2.45, 2.75) is 64.9 Å². The van der Waals surface area contributed by atoms with E-state index in [9.17, 15) is 4.79 Å². The monoisotopic (exact) mass is 360 g/mol. The molecule has 0 radical (unpaired) electrons. The zero-order valence-corrected chi connectivity index (χ0v) is 16.6. The number of hydrogen-bond acceptors (Lipinski definition) is 4. The first kappa shape index (κ1) is 18.5. The highest BCUT2D eigenvalue weighted by Gasteiger charge is 2.51. The van der Waals surface area contributed by atoms with Gasteiger partial charge in [0.1, 0.15) is 6.10 Å². The van der Waals surface area contributed by atoms with Crippen molar-refractivity contribution < 1.29 is 9.53 Å². The smallest absolute Gasteiger partial charge is 0.311 e. The van der Waals surface area contributed by atoms with Crippen molar-refractivity contribution in [2.75, 3.05) is 32.7 Å². The molecule has 4 rings (SSSR count). The Labute approximate surface area is 158 Å². The average molecular weight is 361 g/mol. The molecule has 0 aromatic rings. The minimum Gasteiger partial charge on any atom is -0.461 e. The van der Waals surface area contributed by atoms with Crippen LogP contribution in [-0.4, -0.2) is 49.7 Å². The summed E-state index contributed by atoms with van der Waals surface area (Å²) in [6, 6.07) is 0. The number of hydrogen-bond donors (Lipinski definition) is 1. The fourth-order valence-corrected chi connectivity index (χ4v) is 5.96. The number of carbonyl (C=O) groups is 1. The molecule has 0 aromatic carbocycles. The molecule has 2 heterocycles. The summed E-state index contributed by atoms with van der Waals surface area (Å²) in [6.07, 6.45) is 11.5. The lowest BCUT2D eigenvalue weighted by Gasteiger charge is -2.46. The maximum absolute atomic E-state index is 12.5. The summed E-state index contributed by atoms with van der Waals surface area (Å²) < 4.78 is 5.84. The van der Waals surface area contributed by atoms with Crippen LogP contribution in [0.4, 0.5) is 0 Å². The summed E-state index contributed by atoms with van der Waals surface area (Å²) in [5.74, 6) is 0.983. The minimum absolute atomic E-state index is 0.00697. The molecule has 146 valence electrons. The number of esters is 1. The molecule has 5 atom stereocenters. The Kier molecular flexibility index (Phi) is 5.43. The largest absolute Gasteiger partial charge is 0.461 e. The number of rotatable bonds is 5. The number of nitrogens with zero attached hydrogens (tertiary/aromatic N) is 1. The molecule has 2 saturated heterocycles. The molecule has 2 aliphatic carbocycles. The number of ether oxygens (including phenoxy) is 1. The second-order valence-corrected chi connectivity index (χ2v) is 9.45. The fourth-order valence-electron chi connectivity index (χ4n) is 5.96. The van der Waals surface area contributed by atoms with Crippen LogP contribution in [0, 0.1) is 23.2 Å². The molecular weight excluding hydrogens is 324 g/mol. The van der Waals surface area contributed by atoms with Crippen LogP contribution in [0.1, 0.15) is 58.8 Å². The predicted octanol–water partition coefficient (Wildman–Crippen LogP) is 3.38. The Balaban J connectivity index is 1.35. The van der Waals surface area contributed by atoms with Gasteiger partial charge in [-0.2, -0.15) is 0 Å². The van der Waals surface area contributed by atoms with Crippen molar-refractivity contribution in [1.29, 1.82) is 0 Å². The van der Waals surface area contributed by atoms with Gasteiger partial charge >= 0.3 is 5.97 Å². The van der Waals surface area contributed by atoms with Crippen LogP contribution in [-0.2, 0) is 9.53 Å². The highest BCUT2D eigenvalue weighted by atomic mass is 16.6. The third-order valence-electron chi connectivity index (χ3n) is 7.50. The second kappa shape index (κ2) is 7.63. The van der Waals surface area contributed by atoms with E-state index in [0.717, 1.165) is 26.1 Å². The average Bonchev–Trinajstić information content (AvgIpc) is 2.92. The first-order valence-corrected chi connectivity index (χ1v) is 10.9. The van der Waals surface area contributed by atoms with Gasteiger partial charge in [0.2, 0.25) is 0 Å². The third kappa shape index (κ3) is 3.60. The Morgan fingerprint density at radius 3 is 2.88 bits per heavy atom. The lowest BCUT2D eigenvalue weighted by Crippen LogP contribution is -2.41. The molecule has 4 heteroatoms. The van der Waals surface area contributed by atoms with E-state index in [1.54, 1.807) is 5.57 Å². The van der Waals surface area contributed by atoms with E-state index in [0.29, 0.717) is 5.92 Å². The highest BCUT2D eigenvalue weighted by molar-refractivity contribution is 5.76. The summed E-state index contributed by atoms with van der Waals surface area (Å²) >= 11 is 0. The van der Waals surface area contributed by atoms with Crippen LogP contribution in [0.3, 0.4) is 0 Å². The summed E-state index contributed by atoms with van der Waals surface area (Å²) in [4.78, 5) is 15.1. The molecule has 4 aliphatic rings. The van der Waals surface area contributed by atoms with Crippen molar-refractivity contribution in [1.82, 2.24) is 10.2 Å². The lowest BCUT2D eigenvalue weighted by atomic mass is 9.59. The molecule has 0 amide bonds. The van der Waals surface area contributed by atoms with E-state index < -0.39 is 0 Å². The third-order valence-corrected chi connectivity index (χ3v) is 7.50. The topological polar surface area (TPSA) is 41.6 Å². The summed E-state index contributed by atoms with van der Waals surface area (Å²) in [6.45, 7) is 10.1. The van der Waals surface area contributed by atoms with Gasteiger partial charge in [-0.1, -0.05) is 38.3 Å². The number of nitrogens with one attached hydrogen (secondary N) is 1. The normalized spacial score (nSPS) is 40.5. The van der Waals surface area contributed by atoms with Crippen molar-refractivity contribution in [3.8, 4) is 0 Å². The zero-order valence-electron chi connectivity index (χ0n) is 16.6. The molecule has 1 saturated carbocycles. The number of allylic oxidation sites excluding steroid dienone is 1. The van der Waals surface area contributed by atoms with Gasteiger partial charge in [0.15, 0.2) is 0 Å². The van der Waals surface area contributed by atoms with Crippen LogP contribution < -0.4 is 5.32 Å². The van der Waals surface area contributed by atoms with Gasteiger partial charge in [-0.15, -0.1) is 0 Å². The Hall–Kier alpha value is -0.870. The van der Waals surface area contributed by atoms with Crippen molar-refractivity contribution in [3.05, 3.63) is 11.6 Å². The molecule has 0 spiro atoms. The Morgan fingerprint density at radius 2 is 2.08 bits per heavy atom. The molecule has 2 aliphatic heterocycles. The molecule has 5 unspecified atom stereocenters. The first-order valence-electron chi connectivity index (χ1n) is 10.9. The molecule has 4 nitrogen and oxygen atoms in total. The molecule has 0 bridgehead atoms. The van der Waals surface area contributed by atoms with Crippen LogP contribution in [0.2, 0.25) is 0 Å². The van der Waals surface area contributed by atoms with E-state index >= 15 is 0 Å². The van der Waals surface area contributed by atoms with E-state index in [-0.39, 0.29) is 29.3 Å². The quantitative estimate of drug-likeness (QED) is 0.464. The first-order chi connectivity index (χ1) is 12.6. The zero-order chi connectivity index (χ0) is 18.1. The van der Waals surface area contributed by atoms with E-state index in [4.69, 9.17) is 4.74 Å². The van der Waals surface area contributed by atoms with E-state index in [2.05, 4.69) is 30.1 Å². The maximum Gasteiger partial charge on any atom is 0.311 e. The standard InChI is InChI=1S/C22H36N2O2/c1-16-7-6-8-22(2)14-20-17(13-19(16)22)18(21(25)26-20)15-23-9-12-24-10-4-3-5-11-24/h13,16-18,20,23H,3-12,14-15H2,1-2H3. The van der Waals surface area contributed by atoms with Crippen LogP contribution in [0.5, 0.6) is 0 Å². The van der Waals surface area contributed by atoms with Gasteiger partial charge in [0, 0.05) is 25.6 Å². The highest BCUT2D eigenvalue weighted by Crippen LogP contribution is 2.53. The SMILES string of the molecule is CC1CCCC2(C)CC3OC(=O)C(CNCCN4CCCCC4)C3C=C12. The Morgan fingerprint density at radius 1 is 1.27 bits per heavy atom. The van der Waals surface area contributed by atoms with Gasteiger partial charge in [-0.25, -0.2) is 0 Å². The van der Waals surface area contributed by atoms with Crippen LogP contribution >= 0.6 is 0 Å². The number of piperidine rings is 1. The van der Waals surface area contributed by atoms with E-state index in [1.807, 2.05) is 0 Å². The van der Waals surface area contributed by atoms with Crippen molar-refractivity contribution in [2.24, 2.45) is 23.2 Å². The molecule has 26 heavy (non-hydrogen) atoms. The van der Waals surface area contributed by atoms with Gasteiger partial charge in [-0.05, 0) is 56.5 Å².